The molecule has 1 aliphatic carbocycles. The largest absolute Gasteiger partial charge is 0.309 e. The lowest BCUT2D eigenvalue weighted by Gasteiger charge is -2.16. The first-order valence-electron chi connectivity index (χ1n) is 6.50. The molecule has 1 aromatic heterocycles. The van der Waals surface area contributed by atoms with Gasteiger partial charge in [-0.05, 0) is 50.3 Å². The van der Waals surface area contributed by atoms with Gasteiger partial charge in [0.05, 0.1) is 11.9 Å². The smallest absolute Gasteiger partial charge is 0.141 e. The monoisotopic (exact) mass is 236 g/mol. The van der Waals surface area contributed by atoms with E-state index in [9.17, 15) is 4.39 Å². The van der Waals surface area contributed by atoms with Crippen molar-refractivity contribution in [2.45, 2.75) is 39.2 Å². The second kappa shape index (κ2) is 5.58. The second-order valence-corrected chi connectivity index (χ2v) is 5.32. The van der Waals surface area contributed by atoms with Crippen LogP contribution in [0, 0.1) is 17.7 Å². The van der Waals surface area contributed by atoms with Crippen LogP contribution in [0.15, 0.2) is 18.3 Å². The van der Waals surface area contributed by atoms with E-state index in [1.807, 2.05) is 0 Å². The van der Waals surface area contributed by atoms with Gasteiger partial charge in [0.15, 0.2) is 0 Å². The number of nitrogens with zero attached hydrogens (tertiary/aromatic N) is 1. The molecule has 2 nitrogen and oxygen atoms in total. The van der Waals surface area contributed by atoms with Gasteiger partial charge in [-0.3, -0.25) is 4.98 Å². The maximum atomic E-state index is 12.7. The molecular formula is C14H21FN2. The van der Waals surface area contributed by atoms with Crippen molar-refractivity contribution in [1.29, 1.82) is 0 Å². The predicted molar refractivity (Wildman–Crippen MR) is 67.1 cm³/mol. The van der Waals surface area contributed by atoms with Gasteiger partial charge < -0.3 is 5.32 Å². The zero-order valence-electron chi connectivity index (χ0n) is 10.6. The van der Waals surface area contributed by atoms with Gasteiger partial charge in [-0.2, -0.15) is 0 Å². The van der Waals surface area contributed by atoms with Crippen molar-refractivity contribution in [3.8, 4) is 0 Å². The van der Waals surface area contributed by atoms with Crippen molar-refractivity contribution < 1.29 is 4.39 Å². The Kier molecular flexibility index (Phi) is 4.11. The molecule has 94 valence electrons. The first-order chi connectivity index (χ1) is 8.15. The number of nitrogens with one attached hydrogen (secondary N) is 1. The van der Waals surface area contributed by atoms with Gasteiger partial charge in [-0.15, -0.1) is 0 Å². The van der Waals surface area contributed by atoms with E-state index in [2.05, 4.69) is 24.1 Å². The van der Waals surface area contributed by atoms with E-state index in [0.29, 0.717) is 0 Å². The summed E-state index contributed by atoms with van der Waals surface area (Å²) in [7, 11) is 0. The number of hydrogen-bond donors (Lipinski definition) is 1. The molecule has 0 saturated heterocycles. The van der Waals surface area contributed by atoms with Crippen LogP contribution in [0.1, 0.15) is 44.8 Å². The van der Waals surface area contributed by atoms with Crippen LogP contribution >= 0.6 is 0 Å². The predicted octanol–water partition coefficient (Wildman–Crippen LogP) is 3.31. The van der Waals surface area contributed by atoms with Gasteiger partial charge in [0, 0.05) is 6.04 Å². The molecule has 0 aliphatic heterocycles. The van der Waals surface area contributed by atoms with Crippen molar-refractivity contribution in [2.75, 3.05) is 6.54 Å². The van der Waals surface area contributed by atoms with Crippen LogP contribution in [0.5, 0.6) is 0 Å². The quantitative estimate of drug-likeness (QED) is 0.867. The number of hydrogen-bond acceptors (Lipinski definition) is 2. The van der Waals surface area contributed by atoms with Crippen molar-refractivity contribution in [1.82, 2.24) is 10.3 Å². The standard InChI is InChI=1S/C14H21FN2/c1-10-3-4-12(7-10)8-16-11(2)14-6-5-13(15)9-17-14/h5-6,9-12,16H,3-4,7-8H2,1-2H3. The molecule has 3 atom stereocenters. The first kappa shape index (κ1) is 12.5. The Balaban J connectivity index is 1.81. The molecule has 0 bridgehead atoms. The van der Waals surface area contributed by atoms with Crippen LogP contribution in [0.2, 0.25) is 0 Å². The van der Waals surface area contributed by atoms with Crippen LogP contribution in [0.25, 0.3) is 0 Å². The summed E-state index contributed by atoms with van der Waals surface area (Å²) in [5.74, 6) is 1.40. The van der Waals surface area contributed by atoms with Gasteiger partial charge in [0.25, 0.3) is 0 Å². The third-order valence-corrected chi connectivity index (χ3v) is 3.71. The number of pyridine rings is 1. The summed E-state index contributed by atoms with van der Waals surface area (Å²) in [6.45, 7) is 5.45. The Morgan fingerprint density at radius 2 is 2.29 bits per heavy atom. The number of halogens is 1. The lowest BCUT2D eigenvalue weighted by molar-refractivity contribution is 0.436. The van der Waals surface area contributed by atoms with E-state index in [1.165, 1.54) is 31.5 Å². The third kappa shape index (κ3) is 3.50. The van der Waals surface area contributed by atoms with E-state index in [4.69, 9.17) is 0 Å². The fourth-order valence-corrected chi connectivity index (χ4v) is 2.60. The molecule has 1 aromatic rings. The average Bonchev–Trinajstić information content (AvgIpc) is 2.73. The first-order valence-corrected chi connectivity index (χ1v) is 6.50. The molecule has 1 aliphatic rings. The second-order valence-electron chi connectivity index (χ2n) is 5.32. The highest BCUT2D eigenvalue weighted by molar-refractivity contribution is 5.08. The molecule has 0 spiro atoms. The molecule has 1 heterocycles. The minimum absolute atomic E-state index is 0.200. The summed E-state index contributed by atoms with van der Waals surface area (Å²) in [5, 5.41) is 3.50. The molecule has 3 unspecified atom stereocenters. The fraction of sp³-hybridized carbons (Fsp3) is 0.643. The number of rotatable bonds is 4. The SMILES string of the molecule is CC1CCC(CNC(C)c2ccc(F)cn2)C1. The van der Waals surface area contributed by atoms with Gasteiger partial charge in [-0.25, -0.2) is 4.39 Å². The summed E-state index contributed by atoms with van der Waals surface area (Å²) in [5.41, 5.74) is 0.914. The van der Waals surface area contributed by atoms with Crippen LogP contribution in [0.4, 0.5) is 4.39 Å². The summed E-state index contributed by atoms with van der Waals surface area (Å²) in [6, 6.07) is 3.43. The topological polar surface area (TPSA) is 24.9 Å². The molecule has 17 heavy (non-hydrogen) atoms. The van der Waals surface area contributed by atoms with Crippen LogP contribution in [0.3, 0.4) is 0 Å². The Morgan fingerprint density at radius 3 is 2.88 bits per heavy atom. The highest BCUT2D eigenvalue weighted by Crippen LogP contribution is 2.30. The summed E-state index contributed by atoms with van der Waals surface area (Å²) in [4.78, 5) is 4.10. The van der Waals surface area contributed by atoms with E-state index in [1.54, 1.807) is 6.07 Å². The minimum atomic E-state index is -0.273. The minimum Gasteiger partial charge on any atom is -0.309 e. The normalized spacial score (nSPS) is 26.1. The molecule has 1 saturated carbocycles. The zero-order valence-corrected chi connectivity index (χ0v) is 10.6. The summed E-state index contributed by atoms with van der Waals surface area (Å²) < 4.78 is 12.7. The van der Waals surface area contributed by atoms with Gasteiger partial charge >= 0.3 is 0 Å². The summed E-state index contributed by atoms with van der Waals surface area (Å²) in [6.07, 6.45) is 5.30. The van der Waals surface area contributed by atoms with Gasteiger partial charge in [0.2, 0.25) is 0 Å². The van der Waals surface area contributed by atoms with E-state index in [-0.39, 0.29) is 11.9 Å². The van der Waals surface area contributed by atoms with Gasteiger partial charge in [0.1, 0.15) is 5.82 Å². The lowest BCUT2D eigenvalue weighted by Crippen LogP contribution is -2.25. The van der Waals surface area contributed by atoms with E-state index < -0.39 is 0 Å². The van der Waals surface area contributed by atoms with Crippen molar-refractivity contribution in [3.05, 3.63) is 29.8 Å². The lowest BCUT2D eigenvalue weighted by atomic mass is 10.1. The highest BCUT2D eigenvalue weighted by Gasteiger charge is 2.21. The van der Waals surface area contributed by atoms with Crippen LogP contribution in [-0.4, -0.2) is 11.5 Å². The van der Waals surface area contributed by atoms with Crippen LogP contribution < -0.4 is 5.32 Å². The summed E-state index contributed by atoms with van der Waals surface area (Å²) >= 11 is 0. The van der Waals surface area contributed by atoms with Crippen LogP contribution in [-0.2, 0) is 0 Å². The molecular weight excluding hydrogens is 215 g/mol. The average molecular weight is 236 g/mol. The Labute approximate surface area is 103 Å². The fourth-order valence-electron chi connectivity index (χ4n) is 2.60. The molecule has 2 rings (SSSR count). The Morgan fingerprint density at radius 1 is 1.47 bits per heavy atom. The maximum absolute atomic E-state index is 12.7. The molecule has 0 amide bonds. The molecule has 0 aromatic carbocycles. The Bertz CT molecular complexity index is 350. The molecule has 1 fully saturated rings. The van der Waals surface area contributed by atoms with Crippen molar-refractivity contribution >= 4 is 0 Å². The van der Waals surface area contributed by atoms with E-state index >= 15 is 0 Å². The van der Waals surface area contributed by atoms with Crippen molar-refractivity contribution in [2.24, 2.45) is 11.8 Å². The van der Waals surface area contributed by atoms with Crippen molar-refractivity contribution in [3.63, 3.8) is 0 Å². The maximum Gasteiger partial charge on any atom is 0.141 e. The Hall–Kier alpha value is -0.960. The van der Waals surface area contributed by atoms with Gasteiger partial charge in [-0.1, -0.05) is 13.3 Å². The molecule has 3 heteroatoms. The van der Waals surface area contributed by atoms with E-state index in [0.717, 1.165) is 24.1 Å². The zero-order chi connectivity index (χ0) is 12.3. The highest BCUT2D eigenvalue weighted by atomic mass is 19.1. The number of aromatic nitrogens is 1. The third-order valence-electron chi connectivity index (χ3n) is 3.71. The molecule has 1 N–H and O–H groups in total. The molecule has 0 radical (unpaired) electrons.